The molecule has 1 aliphatic heterocycles. The molecule has 0 fully saturated rings. The first-order chi connectivity index (χ1) is 13.8. The van der Waals surface area contributed by atoms with E-state index in [0.717, 1.165) is 0 Å². The lowest BCUT2D eigenvalue weighted by Gasteiger charge is -2.46. The highest BCUT2D eigenvalue weighted by atomic mass is 19.4. The fourth-order valence-electron chi connectivity index (χ4n) is 3.63. The summed E-state index contributed by atoms with van der Waals surface area (Å²) < 4.78 is 73.0. The molecule has 156 valence electrons. The van der Waals surface area contributed by atoms with E-state index in [0.29, 0.717) is 11.5 Å². The minimum atomic E-state index is -4.93. The molecule has 0 aliphatic carbocycles. The SMILES string of the molecule is COc1ccc(C2C(CF)N=C(N)OC2(c2ccc(OC)cc2)C(F)(F)F)cc1. The lowest BCUT2D eigenvalue weighted by molar-refractivity contribution is -0.275. The van der Waals surface area contributed by atoms with Crippen LogP contribution in [0.4, 0.5) is 17.6 Å². The molecule has 0 amide bonds. The third kappa shape index (κ3) is 3.56. The highest BCUT2D eigenvalue weighted by molar-refractivity contribution is 5.74. The summed E-state index contributed by atoms with van der Waals surface area (Å²) in [6, 6.07) is 9.00. The Bertz CT molecular complexity index is 869. The van der Waals surface area contributed by atoms with Crippen molar-refractivity contribution >= 4 is 6.02 Å². The zero-order valence-electron chi connectivity index (χ0n) is 15.7. The quantitative estimate of drug-likeness (QED) is 0.756. The van der Waals surface area contributed by atoms with Gasteiger partial charge < -0.3 is 19.9 Å². The van der Waals surface area contributed by atoms with Crippen LogP contribution in [0.2, 0.25) is 0 Å². The van der Waals surface area contributed by atoms with Gasteiger partial charge in [-0.25, -0.2) is 9.38 Å². The minimum absolute atomic E-state index is 0.192. The van der Waals surface area contributed by atoms with E-state index in [9.17, 15) is 17.6 Å². The van der Waals surface area contributed by atoms with Gasteiger partial charge in [-0.3, -0.25) is 0 Å². The molecule has 3 unspecified atom stereocenters. The molecule has 1 heterocycles. The molecule has 0 radical (unpaired) electrons. The van der Waals surface area contributed by atoms with Crippen molar-refractivity contribution in [1.82, 2.24) is 0 Å². The van der Waals surface area contributed by atoms with Crippen molar-refractivity contribution in [2.24, 2.45) is 10.7 Å². The Hall–Kier alpha value is -2.97. The largest absolute Gasteiger partial charge is 0.497 e. The number of hydrogen-bond donors (Lipinski definition) is 1. The van der Waals surface area contributed by atoms with Crippen LogP contribution in [-0.4, -0.2) is 39.1 Å². The number of halogens is 4. The fourth-order valence-corrected chi connectivity index (χ4v) is 3.63. The number of benzene rings is 2. The number of aliphatic imine (C=N–C) groups is 1. The maximum absolute atomic E-state index is 14.6. The second-order valence-electron chi connectivity index (χ2n) is 6.50. The molecular weight excluding hydrogens is 392 g/mol. The van der Waals surface area contributed by atoms with E-state index in [4.69, 9.17) is 19.9 Å². The van der Waals surface area contributed by atoms with Crippen LogP contribution < -0.4 is 15.2 Å². The van der Waals surface area contributed by atoms with E-state index in [1.165, 1.54) is 62.8 Å². The molecule has 2 aromatic rings. The topological polar surface area (TPSA) is 66.1 Å². The predicted octanol–water partition coefficient (Wildman–Crippen LogP) is 3.93. The Morgan fingerprint density at radius 2 is 1.52 bits per heavy atom. The highest BCUT2D eigenvalue weighted by Gasteiger charge is 2.67. The summed E-state index contributed by atoms with van der Waals surface area (Å²) in [5, 5.41) is 0. The van der Waals surface area contributed by atoms with Crippen molar-refractivity contribution in [3.63, 3.8) is 0 Å². The van der Waals surface area contributed by atoms with Crippen LogP contribution in [-0.2, 0) is 10.3 Å². The number of hydrogen-bond acceptors (Lipinski definition) is 5. The van der Waals surface area contributed by atoms with Crippen LogP contribution in [0.5, 0.6) is 11.5 Å². The summed E-state index contributed by atoms with van der Waals surface area (Å²) in [6.45, 7) is -1.14. The molecule has 0 spiro atoms. The molecule has 3 atom stereocenters. The lowest BCUT2D eigenvalue weighted by atomic mass is 9.72. The maximum Gasteiger partial charge on any atom is 0.433 e. The highest BCUT2D eigenvalue weighted by Crippen LogP contribution is 2.55. The smallest absolute Gasteiger partial charge is 0.433 e. The summed E-state index contributed by atoms with van der Waals surface area (Å²) in [4.78, 5) is 3.81. The molecule has 0 aromatic heterocycles. The Morgan fingerprint density at radius 3 is 1.97 bits per heavy atom. The first kappa shape index (κ1) is 20.8. The normalized spacial score (nSPS) is 24.4. The zero-order chi connectivity index (χ0) is 21.2. The number of methoxy groups -OCH3 is 2. The molecule has 5 nitrogen and oxygen atoms in total. The molecule has 0 saturated heterocycles. The molecule has 0 bridgehead atoms. The maximum atomic E-state index is 14.6. The van der Waals surface area contributed by atoms with Gasteiger partial charge in [0.05, 0.1) is 26.2 Å². The lowest BCUT2D eigenvalue weighted by Crippen LogP contribution is -2.57. The second-order valence-corrected chi connectivity index (χ2v) is 6.50. The monoisotopic (exact) mass is 412 g/mol. The van der Waals surface area contributed by atoms with Gasteiger partial charge in [-0.15, -0.1) is 0 Å². The summed E-state index contributed by atoms with van der Waals surface area (Å²) in [5.41, 5.74) is 2.59. The third-order valence-electron chi connectivity index (χ3n) is 4.95. The number of nitrogens with two attached hydrogens (primary N) is 1. The van der Waals surface area contributed by atoms with Crippen LogP contribution in [0.25, 0.3) is 0 Å². The standard InChI is InChI=1S/C20H20F4N2O3/c1-27-14-7-3-12(4-8-14)17-16(11-21)26-18(25)29-19(17,20(22,23)24)13-5-9-15(28-2)10-6-13/h3-10,16-17H,11H2,1-2H3,(H2,25,26). The van der Waals surface area contributed by atoms with Crippen molar-refractivity contribution in [1.29, 1.82) is 0 Å². The number of ether oxygens (including phenoxy) is 3. The van der Waals surface area contributed by atoms with Crippen LogP contribution in [0.15, 0.2) is 53.5 Å². The van der Waals surface area contributed by atoms with Crippen LogP contribution >= 0.6 is 0 Å². The molecule has 0 saturated carbocycles. The van der Waals surface area contributed by atoms with Crippen molar-refractivity contribution in [3.8, 4) is 11.5 Å². The average Bonchev–Trinajstić information content (AvgIpc) is 2.72. The second kappa shape index (κ2) is 7.81. The summed E-state index contributed by atoms with van der Waals surface area (Å²) in [5.74, 6) is -0.696. The molecule has 1 aliphatic rings. The van der Waals surface area contributed by atoms with Gasteiger partial charge in [0, 0.05) is 5.56 Å². The van der Waals surface area contributed by atoms with Gasteiger partial charge in [-0.05, 0) is 29.8 Å². The van der Waals surface area contributed by atoms with E-state index in [2.05, 4.69) is 4.99 Å². The third-order valence-corrected chi connectivity index (χ3v) is 4.95. The van der Waals surface area contributed by atoms with Crippen molar-refractivity contribution in [2.75, 3.05) is 20.9 Å². The summed E-state index contributed by atoms with van der Waals surface area (Å²) >= 11 is 0. The van der Waals surface area contributed by atoms with Gasteiger partial charge >= 0.3 is 6.18 Å². The van der Waals surface area contributed by atoms with Gasteiger partial charge in [-0.2, -0.15) is 13.2 Å². The van der Waals surface area contributed by atoms with E-state index < -0.39 is 36.4 Å². The van der Waals surface area contributed by atoms with Gasteiger partial charge in [0.1, 0.15) is 18.2 Å². The number of rotatable bonds is 5. The Morgan fingerprint density at radius 1 is 1.00 bits per heavy atom. The molecular formula is C20H20F4N2O3. The molecule has 2 N–H and O–H groups in total. The van der Waals surface area contributed by atoms with E-state index in [1.54, 1.807) is 0 Å². The van der Waals surface area contributed by atoms with Crippen LogP contribution in [0, 0.1) is 0 Å². The van der Waals surface area contributed by atoms with Crippen molar-refractivity contribution in [3.05, 3.63) is 59.7 Å². The van der Waals surface area contributed by atoms with E-state index >= 15 is 0 Å². The minimum Gasteiger partial charge on any atom is -0.497 e. The zero-order valence-corrected chi connectivity index (χ0v) is 15.7. The Labute approximate surface area is 165 Å². The predicted molar refractivity (Wildman–Crippen MR) is 98.9 cm³/mol. The number of amidine groups is 1. The molecule has 9 heteroatoms. The molecule has 29 heavy (non-hydrogen) atoms. The first-order valence-corrected chi connectivity index (χ1v) is 8.70. The van der Waals surface area contributed by atoms with Crippen LogP contribution in [0.3, 0.4) is 0 Å². The summed E-state index contributed by atoms with van der Waals surface area (Å²) in [6.07, 6.45) is -4.93. The van der Waals surface area contributed by atoms with Crippen molar-refractivity contribution in [2.45, 2.75) is 23.7 Å². The number of alkyl halides is 4. The molecule has 3 rings (SSSR count). The Balaban J connectivity index is 2.26. The first-order valence-electron chi connectivity index (χ1n) is 8.70. The fraction of sp³-hybridized carbons (Fsp3) is 0.350. The van der Waals surface area contributed by atoms with Gasteiger partial charge in [0.15, 0.2) is 0 Å². The Kier molecular flexibility index (Phi) is 5.59. The average molecular weight is 412 g/mol. The number of nitrogens with zero attached hydrogens (tertiary/aromatic N) is 1. The van der Waals surface area contributed by atoms with Gasteiger partial charge in [-0.1, -0.05) is 24.3 Å². The van der Waals surface area contributed by atoms with Crippen molar-refractivity contribution < 1.29 is 31.8 Å². The van der Waals surface area contributed by atoms with Gasteiger partial charge in [0.25, 0.3) is 6.02 Å². The van der Waals surface area contributed by atoms with Gasteiger partial charge in [0.2, 0.25) is 5.60 Å². The van der Waals surface area contributed by atoms with E-state index in [1.807, 2.05) is 0 Å². The summed E-state index contributed by atoms with van der Waals surface area (Å²) in [7, 11) is 2.83. The van der Waals surface area contributed by atoms with Crippen LogP contribution in [0.1, 0.15) is 17.0 Å². The van der Waals surface area contributed by atoms with E-state index in [-0.39, 0.29) is 11.1 Å². The molecule has 2 aromatic carbocycles.